The molecule has 2 aromatic carbocycles. The second-order valence-corrected chi connectivity index (χ2v) is 8.45. The van der Waals surface area contributed by atoms with Gasteiger partial charge in [-0.15, -0.1) is 0 Å². The number of carbonyl (C=O) groups excluding carboxylic acids is 3. The summed E-state index contributed by atoms with van der Waals surface area (Å²) in [6.07, 6.45) is -0.106. The molecule has 1 atom stereocenters. The van der Waals surface area contributed by atoms with Gasteiger partial charge in [-0.25, -0.2) is 0 Å². The standard InChI is InChI=1S/C22H22BrN3O7/c1-12-7-17(13(2)6-16(12)23)24-20(27)11-33-22(29)14-8-21(28)25(10-14)18-5-4-15(26(30)31)9-19(18)32-3/h4-7,9,14H,8,10-11H2,1-3H3,(H,24,27)/t14-/m1/s1. The van der Waals surface area contributed by atoms with Gasteiger partial charge in [0.1, 0.15) is 5.75 Å². The van der Waals surface area contributed by atoms with Crippen molar-refractivity contribution in [3.8, 4) is 5.75 Å². The summed E-state index contributed by atoms with van der Waals surface area (Å²) in [6.45, 7) is 3.26. The summed E-state index contributed by atoms with van der Waals surface area (Å²) in [6, 6.07) is 7.56. The van der Waals surface area contributed by atoms with E-state index >= 15 is 0 Å². The second-order valence-electron chi connectivity index (χ2n) is 7.59. The van der Waals surface area contributed by atoms with Crippen LogP contribution in [0.2, 0.25) is 0 Å². The van der Waals surface area contributed by atoms with E-state index in [1.54, 1.807) is 0 Å². The van der Waals surface area contributed by atoms with E-state index < -0.39 is 29.3 Å². The van der Waals surface area contributed by atoms with E-state index in [0.717, 1.165) is 15.6 Å². The number of non-ortho nitro benzene ring substituents is 1. The minimum atomic E-state index is -0.776. The fourth-order valence-corrected chi connectivity index (χ4v) is 3.92. The Morgan fingerprint density at radius 2 is 1.97 bits per heavy atom. The molecule has 1 saturated heterocycles. The van der Waals surface area contributed by atoms with Crippen LogP contribution in [0.4, 0.5) is 17.1 Å². The number of nitro groups is 1. The first-order valence-corrected chi connectivity index (χ1v) is 10.8. The highest BCUT2D eigenvalue weighted by Gasteiger charge is 2.37. The number of rotatable bonds is 7. The fourth-order valence-electron chi connectivity index (χ4n) is 3.46. The monoisotopic (exact) mass is 519 g/mol. The predicted molar refractivity (Wildman–Crippen MR) is 123 cm³/mol. The number of halogens is 1. The zero-order chi connectivity index (χ0) is 24.3. The quantitative estimate of drug-likeness (QED) is 0.336. The summed E-state index contributed by atoms with van der Waals surface area (Å²) in [5, 5.41) is 13.7. The van der Waals surface area contributed by atoms with Gasteiger partial charge in [-0.2, -0.15) is 0 Å². The van der Waals surface area contributed by atoms with Crippen LogP contribution in [0, 0.1) is 29.9 Å². The van der Waals surface area contributed by atoms with Crippen molar-refractivity contribution in [3.05, 3.63) is 56.0 Å². The number of benzene rings is 2. The Labute approximate surface area is 198 Å². The first-order chi connectivity index (χ1) is 15.6. The number of anilines is 2. The molecule has 2 aromatic rings. The lowest BCUT2D eigenvalue weighted by atomic mass is 10.1. The Morgan fingerprint density at radius 3 is 2.64 bits per heavy atom. The van der Waals surface area contributed by atoms with Gasteiger partial charge >= 0.3 is 5.97 Å². The number of hydrogen-bond donors (Lipinski definition) is 1. The molecular formula is C22H22BrN3O7. The highest BCUT2D eigenvalue weighted by Crippen LogP contribution is 2.36. The summed E-state index contributed by atoms with van der Waals surface area (Å²) in [5.74, 6) is -2.15. The molecule has 1 aliphatic heterocycles. The maximum Gasteiger partial charge on any atom is 0.311 e. The Morgan fingerprint density at radius 1 is 1.24 bits per heavy atom. The Balaban J connectivity index is 1.61. The van der Waals surface area contributed by atoms with Gasteiger partial charge in [0.15, 0.2) is 6.61 Å². The lowest BCUT2D eigenvalue weighted by Crippen LogP contribution is -2.28. The van der Waals surface area contributed by atoms with Crippen LogP contribution in [-0.2, 0) is 19.1 Å². The van der Waals surface area contributed by atoms with E-state index in [9.17, 15) is 24.5 Å². The minimum absolute atomic E-state index is 0.0124. The Kier molecular flexibility index (Phi) is 7.32. The van der Waals surface area contributed by atoms with Gasteiger partial charge < -0.3 is 19.7 Å². The van der Waals surface area contributed by atoms with Gasteiger partial charge in [0.25, 0.3) is 11.6 Å². The molecule has 0 spiro atoms. The van der Waals surface area contributed by atoms with E-state index in [1.807, 2.05) is 26.0 Å². The SMILES string of the molecule is COc1cc([N+](=O)[O-])ccc1N1C[C@H](C(=O)OCC(=O)Nc2cc(C)c(Br)cc2C)CC1=O. The molecule has 3 rings (SSSR count). The van der Waals surface area contributed by atoms with Crippen molar-refractivity contribution in [3.63, 3.8) is 0 Å². The van der Waals surface area contributed by atoms with Crippen LogP contribution >= 0.6 is 15.9 Å². The van der Waals surface area contributed by atoms with E-state index in [-0.39, 0.29) is 30.3 Å². The van der Waals surface area contributed by atoms with Crippen LogP contribution in [0.3, 0.4) is 0 Å². The molecule has 1 heterocycles. The predicted octanol–water partition coefficient (Wildman–Crippen LogP) is 3.52. The summed E-state index contributed by atoms with van der Waals surface area (Å²) in [7, 11) is 1.34. The van der Waals surface area contributed by atoms with Crippen LogP contribution in [-0.4, -0.2) is 43.0 Å². The first kappa shape index (κ1) is 24.2. The van der Waals surface area contributed by atoms with Crippen molar-refractivity contribution in [1.29, 1.82) is 0 Å². The number of amides is 2. The molecule has 1 N–H and O–H groups in total. The molecule has 0 bridgehead atoms. The van der Waals surface area contributed by atoms with Gasteiger partial charge in [-0.05, 0) is 43.2 Å². The van der Waals surface area contributed by atoms with Gasteiger partial charge in [-0.3, -0.25) is 24.5 Å². The number of aryl methyl sites for hydroxylation is 2. The highest BCUT2D eigenvalue weighted by molar-refractivity contribution is 9.10. The van der Waals surface area contributed by atoms with Crippen LogP contribution in [0.5, 0.6) is 5.75 Å². The first-order valence-electron chi connectivity index (χ1n) is 9.96. The highest BCUT2D eigenvalue weighted by atomic mass is 79.9. The van der Waals surface area contributed by atoms with Crippen LogP contribution < -0.4 is 15.0 Å². The van der Waals surface area contributed by atoms with E-state index in [1.165, 1.54) is 30.2 Å². The van der Waals surface area contributed by atoms with Crippen molar-refractivity contribution in [2.75, 3.05) is 30.5 Å². The largest absolute Gasteiger partial charge is 0.494 e. The van der Waals surface area contributed by atoms with Crippen molar-refractivity contribution >= 4 is 50.8 Å². The number of ether oxygens (including phenoxy) is 2. The third-order valence-corrected chi connectivity index (χ3v) is 6.10. The fraction of sp³-hybridized carbons (Fsp3) is 0.318. The van der Waals surface area contributed by atoms with Gasteiger partial charge in [0.05, 0.1) is 29.7 Å². The Bertz CT molecular complexity index is 1140. The van der Waals surface area contributed by atoms with Gasteiger partial charge in [0.2, 0.25) is 5.91 Å². The molecule has 174 valence electrons. The normalized spacial score (nSPS) is 15.3. The molecule has 1 fully saturated rings. The van der Waals surface area contributed by atoms with Crippen LogP contribution in [0.25, 0.3) is 0 Å². The van der Waals surface area contributed by atoms with Gasteiger partial charge in [0, 0.05) is 29.2 Å². The molecule has 11 heteroatoms. The zero-order valence-electron chi connectivity index (χ0n) is 18.2. The van der Waals surface area contributed by atoms with E-state index in [4.69, 9.17) is 9.47 Å². The second kappa shape index (κ2) is 9.99. The van der Waals surface area contributed by atoms with Crippen LogP contribution in [0.1, 0.15) is 17.5 Å². The average molecular weight is 520 g/mol. The summed E-state index contributed by atoms with van der Waals surface area (Å²) < 4.78 is 11.2. The summed E-state index contributed by atoms with van der Waals surface area (Å²) in [4.78, 5) is 49.0. The van der Waals surface area contributed by atoms with Crippen molar-refractivity contribution in [1.82, 2.24) is 0 Å². The Hall–Kier alpha value is -3.47. The molecule has 10 nitrogen and oxygen atoms in total. The molecule has 33 heavy (non-hydrogen) atoms. The number of esters is 1. The molecule has 0 saturated carbocycles. The maximum atomic E-state index is 12.5. The number of nitro benzene ring substituents is 1. The van der Waals surface area contributed by atoms with Crippen molar-refractivity contribution in [2.45, 2.75) is 20.3 Å². The van der Waals surface area contributed by atoms with Crippen molar-refractivity contribution < 1.29 is 28.8 Å². The molecule has 0 aliphatic carbocycles. The average Bonchev–Trinajstić information content (AvgIpc) is 3.16. The summed E-state index contributed by atoms with van der Waals surface area (Å²) in [5.41, 5.74) is 2.55. The summed E-state index contributed by atoms with van der Waals surface area (Å²) >= 11 is 3.43. The minimum Gasteiger partial charge on any atom is -0.494 e. The molecule has 0 unspecified atom stereocenters. The lowest BCUT2D eigenvalue weighted by molar-refractivity contribution is -0.384. The third-order valence-electron chi connectivity index (χ3n) is 5.25. The molecule has 1 aliphatic rings. The number of carbonyl (C=O) groups is 3. The van der Waals surface area contributed by atoms with Crippen molar-refractivity contribution in [2.24, 2.45) is 5.92 Å². The molecule has 0 radical (unpaired) electrons. The molecule has 2 amide bonds. The number of methoxy groups -OCH3 is 1. The van der Waals surface area contributed by atoms with E-state index in [0.29, 0.717) is 11.4 Å². The number of nitrogens with one attached hydrogen (secondary N) is 1. The lowest BCUT2D eigenvalue weighted by Gasteiger charge is -2.19. The smallest absolute Gasteiger partial charge is 0.311 e. The topological polar surface area (TPSA) is 128 Å². The van der Waals surface area contributed by atoms with E-state index in [2.05, 4.69) is 21.2 Å². The molecular weight excluding hydrogens is 498 g/mol. The van der Waals surface area contributed by atoms with Gasteiger partial charge in [-0.1, -0.05) is 15.9 Å². The van der Waals surface area contributed by atoms with Crippen LogP contribution in [0.15, 0.2) is 34.8 Å². The zero-order valence-corrected chi connectivity index (χ0v) is 19.8. The number of hydrogen-bond acceptors (Lipinski definition) is 7. The third kappa shape index (κ3) is 5.48. The molecule has 0 aromatic heterocycles. The maximum absolute atomic E-state index is 12.5. The number of nitrogens with zero attached hydrogens (tertiary/aromatic N) is 2.